The van der Waals surface area contributed by atoms with Crippen LogP contribution in [0.4, 0.5) is 0 Å². The molecule has 0 aliphatic carbocycles. The van der Waals surface area contributed by atoms with Gasteiger partial charge in [0.05, 0.1) is 0 Å². The summed E-state index contributed by atoms with van der Waals surface area (Å²) in [6.07, 6.45) is 0.751. The van der Waals surface area contributed by atoms with Gasteiger partial charge in [0.2, 0.25) is 11.7 Å². The first-order chi connectivity index (χ1) is 9.45. The van der Waals surface area contributed by atoms with Crippen molar-refractivity contribution in [1.82, 2.24) is 10.1 Å². The molecule has 2 N–H and O–H groups in total. The Morgan fingerprint density at radius 2 is 2.15 bits per heavy atom. The molecule has 0 aliphatic heterocycles. The highest BCUT2D eigenvalue weighted by molar-refractivity contribution is 9.10. The minimum atomic E-state index is 0.0680. The summed E-state index contributed by atoms with van der Waals surface area (Å²) in [5.41, 5.74) is 8.02. The summed E-state index contributed by atoms with van der Waals surface area (Å²) in [5, 5.41) is 3.82. The van der Waals surface area contributed by atoms with Crippen LogP contribution in [0.5, 0.6) is 5.75 Å². The molecule has 0 saturated carbocycles. The third-order valence-electron chi connectivity index (χ3n) is 2.77. The van der Waals surface area contributed by atoms with Crippen LogP contribution in [-0.4, -0.2) is 16.2 Å². The molecule has 0 bridgehead atoms. The molecule has 108 valence electrons. The predicted octanol–water partition coefficient (Wildman–Crippen LogP) is 2.92. The zero-order valence-electron chi connectivity index (χ0n) is 11.8. The molecule has 0 fully saturated rings. The van der Waals surface area contributed by atoms with Crippen molar-refractivity contribution < 1.29 is 9.26 Å². The van der Waals surface area contributed by atoms with E-state index in [1.54, 1.807) is 6.92 Å². The number of nitrogens with zero attached hydrogens (tertiary/aromatic N) is 2. The number of hydrogen-bond acceptors (Lipinski definition) is 5. The summed E-state index contributed by atoms with van der Waals surface area (Å²) in [6, 6.07) is 4.12. The molecule has 1 unspecified atom stereocenters. The van der Waals surface area contributed by atoms with E-state index in [1.165, 1.54) is 0 Å². The average molecular weight is 340 g/mol. The zero-order chi connectivity index (χ0) is 14.7. The van der Waals surface area contributed by atoms with E-state index in [-0.39, 0.29) is 12.6 Å². The van der Waals surface area contributed by atoms with Gasteiger partial charge in [-0.05, 0) is 43.5 Å². The van der Waals surface area contributed by atoms with Crippen LogP contribution in [0, 0.1) is 13.8 Å². The van der Waals surface area contributed by atoms with E-state index in [4.69, 9.17) is 15.0 Å². The second-order valence-electron chi connectivity index (χ2n) is 4.91. The lowest BCUT2D eigenvalue weighted by atomic mass is 10.0. The van der Waals surface area contributed by atoms with E-state index in [0.29, 0.717) is 11.7 Å². The third kappa shape index (κ3) is 3.80. The van der Waals surface area contributed by atoms with Crippen molar-refractivity contribution in [2.45, 2.75) is 39.8 Å². The Hall–Kier alpha value is -1.40. The van der Waals surface area contributed by atoms with Gasteiger partial charge in [-0.25, -0.2) is 0 Å². The molecule has 0 spiro atoms. The second-order valence-corrected chi connectivity index (χ2v) is 5.83. The van der Waals surface area contributed by atoms with E-state index in [2.05, 4.69) is 26.1 Å². The molecule has 0 radical (unpaired) electrons. The number of rotatable bonds is 5. The lowest BCUT2D eigenvalue weighted by molar-refractivity contribution is 0.281. The summed E-state index contributed by atoms with van der Waals surface area (Å²) in [4.78, 5) is 4.13. The van der Waals surface area contributed by atoms with Crippen LogP contribution >= 0.6 is 15.9 Å². The minimum Gasteiger partial charge on any atom is -0.485 e. The molecule has 1 aromatic carbocycles. The third-order valence-corrected chi connectivity index (χ3v) is 3.23. The van der Waals surface area contributed by atoms with Crippen LogP contribution in [0.1, 0.15) is 29.8 Å². The smallest absolute Gasteiger partial charge is 0.223 e. The number of hydrogen-bond donors (Lipinski definition) is 1. The summed E-state index contributed by atoms with van der Waals surface area (Å²) >= 11 is 3.50. The largest absolute Gasteiger partial charge is 0.485 e. The summed E-state index contributed by atoms with van der Waals surface area (Å²) < 4.78 is 11.8. The molecule has 20 heavy (non-hydrogen) atoms. The van der Waals surface area contributed by atoms with Crippen LogP contribution in [0.15, 0.2) is 21.1 Å². The van der Waals surface area contributed by atoms with E-state index in [0.717, 1.165) is 27.8 Å². The van der Waals surface area contributed by atoms with Crippen LogP contribution in [0.2, 0.25) is 0 Å². The van der Waals surface area contributed by atoms with Gasteiger partial charge in [0.1, 0.15) is 5.75 Å². The van der Waals surface area contributed by atoms with Crippen molar-refractivity contribution in [2.75, 3.05) is 0 Å². The standard InChI is InChI=1S/C14H18BrN3O2/c1-8-4-12(15)6-11(5-9(2)16)14(8)19-7-13-17-10(3)20-18-13/h4,6,9H,5,7,16H2,1-3H3. The van der Waals surface area contributed by atoms with Gasteiger partial charge in [0.15, 0.2) is 6.61 Å². The quantitative estimate of drug-likeness (QED) is 0.906. The number of ether oxygens (including phenoxy) is 1. The Morgan fingerprint density at radius 1 is 1.40 bits per heavy atom. The molecule has 0 saturated heterocycles. The number of aromatic nitrogens is 2. The molecule has 1 atom stereocenters. The maximum atomic E-state index is 5.89. The Labute approximate surface area is 126 Å². The first-order valence-corrected chi connectivity index (χ1v) is 7.21. The Balaban J connectivity index is 2.20. The Bertz CT molecular complexity index is 596. The fourth-order valence-electron chi connectivity index (χ4n) is 2.04. The fraction of sp³-hybridized carbons (Fsp3) is 0.429. The highest BCUT2D eigenvalue weighted by atomic mass is 79.9. The maximum Gasteiger partial charge on any atom is 0.223 e. The van der Waals surface area contributed by atoms with Crippen molar-refractivity contribution in [2.24, 2.45) is 5.73 Å². The van der Waals surface area contributed by atoms with Crippen LogP contribution in [-0.2, 0) is 13.0 Å². The van der Waals surface area contributed by atoms with Crippen molar-refractivity contribution in [1.29, 1.82) is 0 Å². The average Bonchev–Trinajstić information content (AvgIpc) is 2.73. The maximum absolute atomic E-state index is 5.89. The van der Waals surface area contributed by atoms with Crippen molar-refractivity contribution in [3.8, 4) is 5.75 Å². The van der Waals surface area contributed by atoms with Crippen molar-refractivity contribution in [3.63, 3.8) is 0 Å². The molecular weight excluding hydrogens is 322 g/mol. The van der Waals surface area contributed by atoms with Gasteiger partial charge in [0.25, 0.3) is 0 Å². The molecular formula is C14H18BrN3O2. The molecule has 6 heteroatoms. The Morgan fingerprint density at radius 3 is 2.75 bits per heavy atom. The first-order valence-electron chi connectivity index (χ1n) is 6.42. The monoisotopic (exact) mass is 339 g/mol. The van der Waals surface area contributed by atoms with E-state index in [9.17, 15) is 0 Å². The van der Waals surface area contributed by atoms with Gasteiger partial charge in [-0.15, -0.1) is 0 Å². The van der Waals surface area contributed by atoms with Gasteiger partial charge in [-0.1, -0.05) is 21.1 Å². The van der Waals surface area contributed by atoms with Gasteiger partial charge in [-0.2, -0.15) is 4.98 Å². The van der Waals surface area contributed by atoms with E-state index >= 15 is 0 Å². The normalized spacial score (nSPS) is 12.4. The number of benzene rings is 1. The van der Waals surface area contributed by atoms with Gasteiger partial charge < -0.3 is 15.0 Å². The number of halogens is 1. The molecule has 1 heterocycles. The molecule has 5 nitrogen and oxygen atoms in total. The summed E-state index contributed by atoms with van der Waals surface area (Å²) in [6.45, 7) is 6.02. The summed E-state index contributed by atoms with van der Waals surface area (Å²) in [7, 11) is 0. The van der Waals surface area contributed by atoms with Crippen LogP contribution in [0.3, 0.4) is 0 Å². The SMILES string of the molecule is Cc1nc(COc2c(C)cc(Br)cc2CC(C)N)no1. The topological polar surface area (TPSA) is 74.2 Å². The minimum absolute atomic E-state index is 0.0680. The van der Waals surface area contributed by atoms with Gasteiger partial charge in [0, 0.05) is 17.4 Å². The number of aryl methyl sites for hydroxylation is 2. The molecule has 1 aromatic heterocycles. The fourth-order valence-corrected chi connectivity index (χ4v) is 2.66. The molecule has 0 aliphatic rings. The van der Waals surface area contributed by atoms with Crippen LogP contribution < -0.4 is 10.5 Å². The van der Waals surface area contributed by atoms with E-state index < -0.39 is 0 Å². The first kappa shape index (κ1) is 15.0. The Kier molecular flexibility index (Phi) is 4.77. The predicted molar refractivity (Wildman–Crippen MR) is 79.6 cm³/mol. The second kappa shape index (κ2) is 6.37. The molecule has 0 amide bonds. The highest BCUT2D eigenvalue weighted by Gasteiger charge is 2.12. The summed E-state index contributed by atoms with van der Waals surface area (Å²) in [5.74, 6) is 1.91. The van der Waals surface area contributed by atoms with Crippen LogP contribution in [0.25, 0.3) is 0 Å². The highest BCUT2D eigenvalue weighted by Crippen LogP contribution is 2.29. The number of nitrogens with two attached hydrogens (primary N) is 1. The molecule has 2 aromatic rings. The molecule has 2 rings (SSSR count). The van der Waals surface area contributed by atoms with Crippen molar-refractivity contribution in [3.05, 3.63) is 39.4 Å². The lowest BCUT2D eigenvalue weighted by Crippen LogP contribution is -2.18. The van der Waals surface area contributed by atoms with Crippen molar-refractivity contribution >= 4 is 15.9 Å². The zero-order valence-corrected chi connectivity index (χ0v) is 13.4. The van der Waals surface area contributed by atoms with Gasteiger partial charge >= 0.3 is 0 Å². The van der Waals surface area contributed by atoms with E-state index in [1.807, 2.05) is 26.0 Å². The van der Waals surface area contributed by atoms with Gasteiger partial charge in [-0.3, -0.25) is 0 Å². The lowest BCUT2D eigenvalue weighted by Gasteiger charge is -2.15.